The normalized spacial score (nSPS) is 10.4. The van der Waals surface area contributed by atoms with E-state index in [4.69, 9.17) is 22.1 Å². The number of ether oxygens (including phenoxy) is 1. The Morgan fingerprint density at radius 3 is 2.67 bits per heavy atom. The van der Waals surface area contributed by atoms with Crippen LogP contribution in [0.1, 0.15) is 5.56 Å². The lowest BCUT2D eigenvalue weighted by molar-refractivity contribution is 0.398. The largest absolute Gasteiger partial charge is 0.481 e. The summed E-state index contributed by atoms with van der Waals surface area (Å²) in [6, 6.07) is 4.45. The molecule has 2 N–H and O–H groups in total. The summed E-state index contributed by atoms with van der Waals surface area (Å²) in [5, 5.41) is 0.262. The van der Waals surface area contributed by atoms with E-state index in [1.165, 1.54) is 13.2 Å². The van der Waals surface area contributed by atoms with Gasteiger partial charge >= 0.3 is 0 Å². The van der Waals surface area contributed by atoms with Crippen LogP contribution < -0.4 is 10.5 Å². The number of rotatable bonds is 2. The Morgan fingerprint density at radius 1 is 1.28 bits per heavy atom. The van der Waals surface area contributed by atoms with E-state index >= 15 is 0 Å². The van der Waals surface area contributed by atoms with Crippen molar-refractivity contribution in [3.63, 3.8) is 0 Å². The summed E-state index contributed by atoms with van der Waals surface area (Å²) in [4.78, 5) is 7.94. The smallest absolute Gasteiger partial charge is 0.223 e. The van der Waals surface area contributed by atoms with Gasteiger partial charge < -0.3 is 10.5 Å². The number of benzene rings is 1. The molecule has 0 spiro atoms. The van der Waals surface area contributed by atoms with Crippen LogP contribution in [0.4, 0.5) is 10.3 Å². The van der Waals surface area contributed by atoms with Crippen LogP contribution in [0.25, 0.3) is 11.3 Å². The van der Waals surface area contributed by atoms with Crippen molar-refractivity contribution in [2.24, 2.45) is 0 Å². The maximum Gasteiger partial charge on any atom is 0.223 e. The van der Waals surface area contributed by atoms with Gasteiger partial charge in [-0.25, -0.2) is 9.37 Å². The van der Waals surface area contributed by atoms with Gasteiger partial charge in [0.25, 0.3) is 0 Å². The van der Waals surface area contributed by atoms with E-state index in [1.807, 2.05) is 0 Å². The number of anilines is 1. The Bertz CT molecular complexity index is 604. The Hall–Kier alpha value is -1.88. The number of aromatic nitrogens is 2. The highest BCUT2D eigenvalue weighted by Crippen LogP contribution is 2.30. The molecule has 0 unspecified atom stereocenters. The van der Waals surface area contributed by atoms with Crippen molar-refractivity contribution in [2.75, 3.05) is 12.8 Å². The van der Waals surface area contributed by atoms with Gasteiger partial charge in [0.05, 0.1) is 17.8 Å². The third-order valence-corrected chi connectivity index (χ3v) is 2.77. The highest BCUT2D eigenvalue weighted by molar-refractivity contribution is 6.33. The van der Waals surface area contributed by atoms with Crippen molar-refractivity contribution in [3.05, 3.63) is 34.6 Å². The molecule has 0 amide bonds. The van der Waals surface area contributed by atoms with Crippen LogP contribution in [-0.2, 0) is 0 Å². The van der Waals surface area contributed by atoms with Gasteiger partial charge in [-0.2, -0.15) is 4.98 Å². The van der Waals surface area contributed by atoms with Crippen molar-refractivity contribution in [1.29, 1.82) is 0 Å². The maximum atomic E-state index is 13.3. The number of methoxy groups -OCH3 is 1. The molecule has 2 aromatic rings. The summed E-state index contributed by atoms with van der Waals surface area (Å²) in [7, 11) is 1.48. The lowest BCUT2D eigenvalue weighted by Gasteiger charge is -2.08. The second-order valence-electron chi connectivity index (χ2n) is 3.73. The summed E-state index contributed by atoms with van der Waals surface area (Å²) in [5.41, 5.74) is 7.13. The Balaban J connectivity index is 2.61. The number of nitrogen functional groups attached to an aromatic ring is 1. The Labute approximate surface area is 109 Å². The molecule has 0 bridgehead atoms. The molecule has 0 atom stereocenters. The molecule has 0 saturated carbocycles. The summed E-state index contributed by atoms with van der Waals surface area (Å²) in [5.74, 6) is 0.0377. The van der Waals surface area contributed by atoms with Gasteiger partial charge in [0.2, 0.25) is 11.8 Å². The molecule has 0 aliphatic carbocycles. The lowest BCUT2D eigenvalue weighted by atomic mass is 10.1. The second kappa shape index (κ2) is 4.78. The van der Waals surface area contributed by atoms with Crippen LogP contribution in [0.15, 0.2) is 18.2 Å². The fourth-order valence-corrected chi connectivity index (χ4v) is 1.79. The Kier molecular flexibility index (Phi) is 3.34. The number of halogens is 2. The van der Waals surface area contributed by atoms with E-state index in [-0.39, 0.29) is 16.8 Å². The first-order valence-corrected chi connectivity index (χ1v) is 5.53. The molecule has 6 heteroatoms. The van der Waals surface area contributed by atoms with Gasteiger partial charge in [-0.1, -0.05) is 11.6 Å². The number of aryl methyl sites for hydroxylation is 1. The zero-order chi connectivity index (χ0) is 13.3. The molecule has 0 aliphatic heterocycles. The first-order valence-electron chi connectivity index (χ1n) is 5.16. The van der Waals surface area contributed by atoms with Crippen molar-refractivity contribution in [1.82, 2.24) is 9.97 Å². The SMILES string of the molecule is COc1cc(-c2cc(C)c(F)cc2Cl)nc(N)n1. The zero-order valence-electron chi connectivity index (χ0n) is 9.87. The van der Waals surface area contributed by atoms with Gasteiger partial charge in [-0.05, 0) is 24.6 Å². The van der Waals surface area contributed by atoms with E-state index in [0.29, 0.717) is 22.7 Å². The predicted octanol–water partition coefficient (Wildman–Crippen LogP) is 2.84. The van der Waals surface area contributed by atoms with Crippen LogP contribution in [0.2, 0.25) is 5.02 Å². The van der Waals surface area contributed by atoms with Crippen molar-refractivity contribution < 1.29 is 9.13 Å². The molecule has 4 nitrogen and oxygen atoms in total. The van der Waals surface area contributed by atoms with E-state index < -0.39 is 0 Å². The van der Waals surface area contributed by atoms with Crippen molar-refractivity contribution in [3.8, 4) is 17.1 Å². The number of hydrogen-bond donors (Lipinski definition) is 1. The summed E-state index contributed by atoms with van der Waals surface area (Å²) >= 11 is 6.00. The molecule has 2 rings (SSSR count). The van der Waals surface area contributed by atoms with E-state index in [2.05, 4.69) is 9.97 Å². The summed E-state index contributed by atoms with van der Waals surface area (Å²) in [6.07, 6.45) is 0. The molecule has 0 fully saturated rings. The van der Waals surface area contributed by atoms with Gasteiger partial charge in [0.1, 0.15) is 5.82 Å². The maximum absolute atomic E-state index is 13.3. The molecule has 94 valence electrons. The van der Waals surface area contributed by atoms with E-state index in [9.17, 15) is 4.39 Å². The summed E-state index contributed by atoms with van der Waals surface area (Å²) < 4.78 is 18.3. The average molecular weight is 268 g/mol. The molecule has 1 aromatic carbocycles. The highest BCUT2D eigenvalue weighted by Gasteiger charge is 2.11. The second-order valence-corrected chi connectivity index (χ2v) is 4.14. The molecule has 1 heterocycles. The first-order chi connectivity index (χ1) is 8.51. The van der Waals surface area contributed by atoms with Crippen LogP contribution in [0.3, 0.4) is 0 Å². The summed E-state index contributed by atoms with van der Waals surface area (Å²) in [6.45, 7) is 1.65. The number of nitrogens with two attached hydrogens (primary N) is 1. The zero-order valence-corrected chi connectivity index (χ0v) is 10.6. The minimum absolute atomic E-state index is 0.0717. The number of hydrogen-bond acceptors (Lipinski definition) is 4. The van der Waals surface area contributed by atoms with Gasteiger partial charge in [0, 0.05) is 11.6 Å². The topological polar surface area (TPSA) is 61.0 Å². The van der Waals surface area contributed by atoms with Gasteiger partial charge in [0.15, 0.2) is 0 Å². The predicted molar refractivity (Wildman–Crippen MR) is 68.1 cm³/mol. The minimum Gasteiger partial charge on any atom is -0.481 e. The van der Waals surface area contributed by atoms with Crippen LogP contribution in [-0.4, -0.2) is 17.1 Å². The molecular weight excluding hydrogens is 257 g/mol. The fourth-order valence-electron chi connectivity index (χ4n) is 1.54. The average Bonchev–Trinajstić information content (AvgIpc) is 2.33. The molecular formula is C12H11ClFN3O. The molecule has 0 saturated heterocycles. The lowest BCUT2D eigenvalue weighted by Crippen LogP contribution is -1.99. The fraction of sp³-hybridized carbons (Fsp3) is 0.167. The molecule has 1 aromatic heterocycles. The standard InChI is InChI=1S/C12H11ClFN3O/c1-6-3-7(8(13)4-9(6)14)10-5-11(18-2)17-12(15)16-10/h3-5H,1-2H3,(H2,15,16,17). The number of nitrogens with zero attached hydrogens (tertiary/aromatic N) is 2. The third-order valence-electron chi connectivity index (χ3n) is 2.45. The quantitative estimate of drug-likeness (QED) is 0.909. The van der Waals surface area contributed by atoms with Crippen molar-refractivity contribution >= 4 is 17.5 Å². The van der Waals surface area contributed by atoms with E-state index in [1.54, 1.807) is 19.1 Å². The first kappa shape index (κ1) is 12.6. The third kappa shape index (κ3) is 2.36. The van der Waals surface area contributed by atoms with Crippen LogP contribution in [0.5, 0.6) is 5.88 Å². The van der Waals surface area contributed by atoms with E-state index in [0.717, 1.165) is 0 Å². The molecule has 0 radical (unpaired) electrons. The monoisotopic (exact) mass is 267 g/mol. The van der Waals surface area contributed by atoms with Gasteiger partial charge in [-0.15, -0.1) is 0 Å². The highest BCUT2D eigenvalue weighted by atomic mass is 35.5. The van der Waals surface area contributed by atoms with Crippen LogP contribution in [0, 0.1) is 12.7 Å². The van der Waals surface area contributed by atoms with Gasteiger partial charge in [-0.3, -0.25) is 0 Å². The van der Waals surface area contributed by atoms with Crippen molar-refractivity contribution in [2.45, 2.75) is 6.92 Å². The minimum atomic E-state index is -0.363. The molecule has 0 aliphatic rings. The molecule has 18 heavy (non-hydrogen) atoms. The van der Waals surface area contributed by atoms with Crippen LogP contribution >= 0.6 is 11.6 Å². The Morgan fingerprint density at radius 2 is 2.00 bits per heavy atom.